The monoisotopic (exact) mass is 360 g/mol. The molecule has 1 heterocycles. The van der Waals surface area contributed by atoms with Crippen molar-refractivity contribution >= 4 is 34.9 Å². The molecule has 3 rings (SSSR count). The van der Waals surface area contributed by atoms with Crippen LogP contribution in [0.15, 0.2) is 48.5 Å². The molecule has 0 bridgehead atoms. The molecule has 0 aliphatic carbocycles. The molecule has 2 aromatic carbocycles. The first-order chi connectivity index (χ1) is 11.9. The van der Waals surface area contributed by atoms with Gasteiger partial charge in [0.05, 0.1) is 10.8 Å². The third-order valence-corrected chi connectivity index (χ3v) is 4.08. The van der Waals surface area contributed by atoms with Crippen LogP contribution in [-0.4, -0.2) is 23.3 Å². The normalized spacial score (nSPS) is 16.8. The minimum atomic E-state index is -0.610. The van der Waals surface area contributed by atoms with Gasteiger partial charge in [0.1, 0.15) is 5.75 Å². The van der Waals surface area contributed by atoms with Crippen LogP contribution in [0.2, 0.25) is 5.02 Å². The highest BCUT2D eigenvalue weighted by atomic mass is 35.5. The van der Waals surface area contributed by atoms with Crippen molar-refractivity contribution in [1.82, 2.24) is 0 Å². The molecule has 1 aliphatic heterocycles. The number of nitro groups is 1. The zero-order chi connectivity index (χ0) is 18.0. The second-order valence-corrected chi connectivity index (χ2v) is 5.99. The predicted octanol–water partition coefficient (Wildman–Crippen LogP) is 3.21. The SMILES string of the molecule is O=C(Oc1ccc([N+](=O)[O-])cc1)[C@@H]1CC(=O)N(c2cccc(Cl)c2)C1. The van der Waals surface area contributed by atoms with Gasteiger partial charge in [0, 0.05) is 35.8 Å². The Morgan fingerprint density at radius 1 is 1.24 bits per heavy atom. The predicted molar refractivity (Wildman–Crippen MR) is 90.6 cm³/mol. The fourth-order valence-corrected chi connectivity index (χ4v) is 2.78. The van der Waals surface area contributed by atoms with Crippen LogP contribution in [0.3, 0.4) is 0 Å². The Morgan fingerprint density at radius 3 is 2.60 bits per heavy atom. The number of ether oxygens (including phenoxy) is 1. The summed E-state index contributed by atoms with van der Waals surface area (Å²) in [4.78, 5) is 36.0. The summed E-state index contributed by atoms with van der Waals surface area (Å²) < 4.78 is 5.22. The lowest BCUT2D eigenvalue weighted by atomic mass is 10.1. The number of halogens is 1. The molecule has 25 heavy (non-hydrogen) atoms. The Balaban J connectivity index is 1.67. The Kier molecular flexibility index (Phi) is 4.67. The summed E-state index contributed by atoms with van der Waals surface area (Å²) in [6.45, 7) is 0.199. The molecule has 1 aliphatic rings. The van der Waals surface area contributed by atoms with E-state index in [4.69, 9.17) is 16.3 Å². The van der Waals surface area contributed by atoms with Gasteiger partial charge >= 0.3 is 5.97 Å². The zero-order valence-electron chi connectivity index (χ0n) is 12.9. The number of nitro benzene ring substituents is 1. The molecule has 1 fully saturated rings. The van der Waals surface area contributed by atoms with Crippen molar-refractivity contribution in [3.05, 3.63) is 63.7 Å². The van der Waals surface area contributed by atoms with Gasteiger partial charge in [-0.3, -0.25) is 19.7 Å². The van der Waals surface area contributed by atoms with Crippen molar-refractivity contribution in [3.8, 4) is 5.75 Å². The summed E-state index contributed by atoms with van der Waals surface area (Å²) in [6.07, 6.45) is 0.0400. The summed E-state index contributed by atoms with van der Waals surface area (Å²) in [7, 11) is 0. The summed E-state index contributed by atoms with van der Waals surface area (Å²) >= 11 is 5.93. The average Bonchev–Trinajstić information content (AvgIpc) is 2.97. The number of hydrogen-bond acceptors (Lipinski definition) is 5. The van der Waals surface area contributed by atoms with Crippen LogP contribution in [0, 0.1) is 16.0 Å². The van der Waals surface area contributed by atoms with Gasteiger partial charge in [-0.05, 0) is 30.3 Å². The topological polar surface area (TPSA) is 89.7 Å². The Morgan fingerprint density at radius 2 is 1.96 bits per heavy atom. The largest absolute Gasteiger partial charge is 0.426 e. The first kappa shape index (κ1) is 16.9. The van der Waals surface area contributed by atoms with Crippen molar-refractivity contribution in [2.75, 3.05) is 11.4 Å². The van der Waals surface area contributed by atoms with Crippen molar-refractivity contribution < 1.29 is 19.2 Å². The second kappa shape index (κ2) is 6.90. The number of esters is 1. The minimum absolute atomic E-state index is 0.0400. The van der Waals surface area contributed by atoms with E-state index in [1.54, 1.807) is 24.3 Å². The number of non-ortho nitro benzene ring substituents is 1. The van der Waals surface area contributed by atoms with Crippen LogP contribution < -0.4 is 9.64 Å². The highest BCUT2D eigenvalue weighted by Gasteiger charge is 2.36. The lowest BCUT2D eigenvalue weighted by molar-refractivity contribution is -0.384. The molecule has 8 heteroatoms. The molecular formula is C17H13ClN2O5. The van der Waals surface area contributed by atoms with E-state index in [2.05, 4.69) is 0 Å². The van der Waals surface area contributed by atoms with Crippen LogP contribution in [0.4, 0.5) is 11.4 Å². The summed E-state index contributed by atoms with van der Waals surface area (Å²) in [5.41, 5.74) is 0.533. The van der Waals surface area contributed by atoms with E-state index < -0.39 is 16.8 Å². The van der Waals surface area contributed by atoms with Gasteiger partial charge in [0.2, 0.25) is 5.91 Å². The maximum atomic E-state index is 12.3. The van der Waals surface area contributed by atoms with Crippen molar-refractivity contribution in [3.63, 3.8) is 0 Å². The summed E-state index contributed by atoms with van der Waals surface area (Å²) in [5.74, 6) is -1.15. The van der Waals surface area contributed by atoms with Gasteiger partial charge in [0.25, 0.3) is 5.69 Å². The Bertz CT molecular complexity index is 837. The fourth-order valence-electron chi connectivity index (χ4n) is 2.59. The van der Waals surface area contributed by atoms with Crippen molar-refractivity contribution in [2.24, 2.45) is 5.92 Å². The Labute approximate surface area is 147 Å². The van der Waals surface area contributed by atoms with Gasteiger partial charge < -0.3 is 9.64 Å². The van der Waals surface area contributed by atoms with Crippen LogP contribution in [0.5, 0.6) is 5.75 Å². The molecule has 7 nitrogen and oxygen atoms in total. The molecular weight excluding hydrogens is 348 g/mol. The van der Waals surface area contributed by atoms with Gasteiger partial charge in [0.15, 0.2) is 0 Å². The number of amides is 1. The number of carbonyl (C=O) groups is 2. The molecule has 0 unspecified atom stereocenters. The highest BCUT2D eigenvalue weighted by Crippen LogP contribution is 2.28. The standard InChI is InChI=1S/C17H13ClN2O5/c18-12-2-1-3-14(9-12)19-10-11(8-16(19)21)17(22)25-15-6-4-13(5-7-15)20(23)24/h1-7,9,11H,8,10H2/t11-/m1/s1. The summed E-state index contributed by atoms with van der Waals surface area (Å²) in [5, 5.41) is 11.1. The van der Waals surface area contributed by atoms with Crippen LogP contribution in [-0.2, 0) is 9.59 Å². The molecule has 0 N–H and O–H groups in total. The van der Waals surface area contributed by atoms with E-state index in [1.165, 1.54) is 29.2 Å². The number of anilines is 1. The van der Waals surface area contributed by atoms with Crippen LogP contribution in [0.1, 0.15) is 6.42 Å². The molecule has 1 saturated heterocycles. The minimum Gasteiger partial charge on any atom is -0.426 e. The van der Waals surface area contributed by atoms with Crippen LogP contribution >= 0.6 is 11.6 Å². The van der Waals surface area contributed by atoms with E-state index in [1.807, 2.05) is 0 Å². The first-order valence-corrected chi connectivity index (χ1v) is 7.84. The van der Waals surface area contributed by atoms with E-state index in [0.29, 0.717) is 10.7 Å². The van der Waals surface area contributed by atoms with Crippen molar-refractivity contribution in [2.45, 2.75) is 6.42 Å². The maximum Gasteiger partial charge on any atom is 0.316 e. The molecule has 0 aromatic heterocycles. The third-order valence-electron chi connectivity index (χ3n) is 3.84. The molecule has 1 amide bonds. The quantitative estimate of drug-likeness (QED) is 0.361. The van der Waals surface area contributed by atoms with Gasteiger partial charge in [-0.25, -0.2) is 0 Å². The average molecular weight is 361 g/mol. The van der Waals surface area contributed by atoms with Gasteiger partial charge in [-0.2, -0.15) is 0 Å². The molecule has 0 spiro atoms. The number of carbonyl (C=O) groups excluding carboxylic acids is 2. The maximum absolute atomic E-state index is 12.3. The van der Waals surface area contributed by atoms with Crippen LogP contribution in [0.25, 0.3) is 0 Å². The van der Waals surface area contributed by atoms with E-state index in [0.717, 1.165) is 0 Å². The molecule has 2 aromatic rings. The smallest absolute Gasteiger partial charge is 0.316 e. The zero-order valence-corrected chi connectivity index (χ0v) is 13.7. The second-order valence-electron chi connectivity index (χ2n) is 5.56. The molecule has 0 saturated carbocycles. The fraction of sp³-hybridized carbons (Fsp3) is 0.176. The van der Waals surface area contributed by atoms with E-state index in [9.17, 15) is 19.7 Å². The lowest BCUT2D eigenvalue weighted by Crippen LogP contribution is -2.27. The number of rotatable bonds is 4. The van der Waals surface area contributed by atoms with Gasteiger partial charge in [-0.15, -0.1) is 0 Å². The number of hydrogen-bond donors (Lipinski definition) is 0. The van der Waals surface area contributed by atoms with Crippen molar-refractivity contribution in [1.29, 1.82) is 0 Å². The Hall–Kier alpha value is -2.93. The molecule has 1 atom stereocenters. The highest BCUT2D eigenvalue weighted by molar-refractivity contribution is 6.30. The molecule has 128 valence electrons. The summed E-state index contributed by atoms with van der Waals surface area (Å²) in [6, 6.07) is 12.0. The van der Waals surface area contributed by atoms with E-state index in [-0.39, 0.29) is 30.3 Å². The number of nitrogens with zero attached hydrogens (tertiary/aromatic N) is 2. The first-order valence-electron chi connectivity index (χ1n) is 7.46. The number of benzene rings is 2. The van der Waals surface area contributed by atoms with E-state index >= 15 is 0 Å². The van der Waals surface area contributed by atoms with Gasteiger partial charge in [-0.1, -0.05) is 17.7 Å². The lowest BCUT2D eigenvalue weighted by Gasteiger charge is -2.16. The third kappa shape index (κ3) is 3.77. The molecule has 0 radical (unpaired) electrons.